The van der Waals surface area contributed by atoms with E-state index in [1.54, 1.807) is 23.0 Å². The maximum absolute atomic E-state index is 10.9. The van der Waals surface area contributed by atoms with E-state index in [9.17, 15) is 25.5 Å². The summed E-state index contributed by atoms with van der Waals surface area (Å²) in [4.78, 5) is 3.17. The lowest BCUT2D eigenvalue weighted by atomic mass is 9.95. The second-order valence-electron chi connectivity index (χ2n) is 8.29. The van der Waals surface area contributed by atoms with Crippen LogP contribution < -0.4 is 4.74 Å². The molecule has 10 nitrogen and oxygen atoms in total. The number of rotatable bonds is 6. The summed E-state index contributed by atoms with van der Waals surface area (Å²) >= 11 is 0. The van der Waals surface area contributed by atoms with Gasteiger partial charge in [0.05, 0.1) is 12.3 Å². The first kappa shape index (κ1) is 22.5. The van der Waals surface area contributed by atoms with Crippen molar-refractivity contribution >= 4 is 10.9 Å². The minimum absolute atomic E-state index is 0.181. The molecule has 2 aromatic carbocycles. The van der Waals surface area contributed by atoms with Crippen LogP contribution in [-0.4, -0.2) is 77.3 Å². The molecule has 0 saturated carbocycles. The van der Waals surface area contributed by atoms with Gasteiger partial charge in [-0.25, -0.2) is 4.68 Å². The lowest BCUT2D eigenvalue weighted by Gasteiger charge is -2.45. The third-order valence-corrected chi connectivity index (χ3v) is 6.09. The van der Waals surface area contributed by atoms with E-state index in [2.05, 4.69) is 10.1 Å². The SMILES string of the molecule is OC[C@H]1OC(O)[C@@](O)(Oc2cccc3[nH]cc(Cc4ccc(-n5cccn5)cc4)c23)[C@@H](O)[C@@H]1O. The molecule has 0 radical (unpaired) electrons. The predicted molar refractivity (Wildman–Crippen MR) is 120 cm³/mol. The molecule has 34 heavy (non-hydrogen) atoms. The highest BCUT2D eigenvalue weighted by Gasteiger charge is 2.57. The van der Waals surface area contributed by atoms with E-state index in [-0.39, 0.29) is 5.75 Å². The Balaban J connectivity index is 1.44. The number of aliphatic hydroxyl groups excluding tert-OH is 4. The summed E-state index contributed by atoms with van der Waals surface area (Å²) in [5.41, 5.74) is 3.53. The normalized spacial score (nSPS) is 27.2. The van der Waals surface area contributed by atoms with E-state index >= 15 is 0 Å². The van der Waals surface area contributed by atoms with E-state index in [1.807, 2.05) is 48.8 Å². The average molecular weight is 467 g/mol. The minimum Gasteiger partial charge on any atom is -0.454 e. The molecule has 0 aliphatic carbocycles. The van der Waals surface area contributed by atoms with Crippen molar-refractivity contribution in [3.05, 3.63) is 78.2 Å². The van der Waals surface area contributed by atoms with Crippen molar-refractivity contribution in [2.75, 3.05) is 6.61 Å². The molecule has 1 fully saturated rings. The first-order chi connectivity index (χ1) is 16.4. The Kier molecular flexibility index (Phi) is 5.86. The number of hydrogen-bond acceptors (Lipinski definition) is 8. The molecule has 5 rings (SSSR count). The van der Waals surface area contributed by atoms with Crippen LogP contribution in [0.25, 0.3) is 16.6 Å². The molecule has 0 amide bonds. The zero-order chi connectivity index (χ0) is 23.9. The number of benzene rings is 2. The Morgan fingerprint density at radius 1 is 1.09 bits per heavy atom. The molecule has 4 aromatic rings. The summed E-state index contributed by atoms with van der Waals surface area (Å²) in [5.74, 6) is -2.47. The topological polar surface area (TPSA) is 153 Å². The van der Waals surface area contributed by atoms with E-state index in [0.717, 1.165) is 22.3 Å². The summed E-state index contributed by atoms with van der Waals surface area (Å²) in [6.45, 7) is -0.651. The fraction of sp³-hybridized carbons (Fsp3) is 0.292. The summed E-state index contributed by atoms with van der Waals surface area (Å²) in [6.07, 6.45) is -0.937. The number of aromatic amines is 1. The third kappa shape index (κ3) is 3.86. The van der Waals surface area contributed by atoms with Crippen molar-refractivity contribution in [3.8, 4) is 11.4 Å². The van der Waals surface area contributed by atoms with Gasteiger partial charge >= 0.3 is 0 Å². The molecule has 178 valence electrons. The van der Waals surface area contributed by atoms with Crippen LogP contribution in [0.1, 0.15) is 11.1 Å². The van der Waals surface area contributed by atoms with Gasteiger partial charge in [-0.05, 0) is 47.9 Å². The van der Waals surface area contributed by atoms with Crippen LogP contribution in [-0.2, 0) is 11.2 Å². The van der Waals surface area contributed by atoms with Gasteiger partial charge in [-0.3, -0.25) is 0 Å². The maximum atomic E-state index is 10.9. The first-order valence-corrected chi connectivity index (χ1v) is 10.8. The molecule has 1 unspecified atom stereocenters. The number of H-pyrrole nitrogens is 1. The van der Waals surface area contributed by atoms with Crippen molar-refractivity contribution in [3.63, 3.8) is 0 Å². The van der Waals surface area contributed by atoms with Gasteiger partial charge in [0.1, 0.15) is 18.0 Å². The lowest BCUT2D eigenvalue weighted by Crippen LogP contribution is -2.69. The number of aliphatic hydroxyl groups is 5. The van der Waals surface area contributed by atoms with E-state index < -0.39 is 37.0 Å². The Bertz CT molecular complexity index is 1260. The predicted octanol–water partition coefficient (Wildman–Crippen LogP) is 0.443. The van der Waals surface area contributed by atoms with Crippen LogP contribution >= 0.6 is 0 Å². The van der Waals surface area contributed by atoms with Crippen molar-refractivity contribution in [2.45, 2.75) is 36.8 Å². The third-order valence-electron chi connectivity index (χ3n) is 6.09. The molecule has 1 aliphatic heterocycles. The van der Waals surface area contributed by atoms with Crippen LogP contribution in [0.3, 0.4) is 0 Å². The molecule has 6 N–H and O–H groups in total. The number of fused-ring (bicyclic) bond motifs is 1. The van der Waals surface area contributed by atoms with Gasteiger partial charge < -0.3 is 40.0 Å². The standard InChI is InChI=1S/C24H25N3O7/c28-13-19-21(29)22(30)24(32,23(31)33-19)34-18-4-1-3-17-20(18)15(12-25-17)11-14-5-7-16(8-6-14)27-10-2-9-26-27/h1-10,12,19,21-23,25,28-32H,11,13H2/t19-,21-,22+,23?,24+/m1/s1. The van der Waals surface area contributed by atoms with Gasteiger partial charge in [-0.2, -0.15) is 5.10 Å². The molecule has 1 saturated heterocycles. The molecule has 5 atom stereocenters. The molecule has 2 aromatic heterocycles. The van der Waals surface area contributed by atoms with Gasteiger partial charge in [-0.15, -0.1) is 0 Å². The zero-order valence-electron chi connectivity index (χ0n) is 18.0. The smallest absolute Gasteiger partial charge is 0.288 e. The number of nitrogens with zero attached hydrogens (tertiary/aromatic N) is 2. The van der Waals surface area contributed by atoms with Crippen molar-refractivity contribution < 1.29 is 35.0 Å². The number of nitrogens with one attached hydrogen (secondary N) is 1. The van der Waals surface area contributed by atoms with Gasteiger partial charge in [0.15, 0.2) is 6.10 Å². The molecule has 10 heteroatoms. The van der Waals surface area contributed by atoms with Gasteiger partial charge in [0, 0.05) is 29.5 Å². The summed E-state index contributed by atoms with van der Waals surface area (Å²) in [5, 5.41) is 56.1. The molecule has 0 spiro atoms. The summed E-state index contributed by atoms with van der Waals surface area (Å²) in [6, 6.07) is 14.9. The van der Waals surface area contributed by atoms with Crippen LogP contribution in [0.5, 0.6) is 5.75 Å². The molecule has 1 aliphatic rings. The highest BCUT2D eigenvalue weighted by atomic mass is 16.7. The Labute approximate surface area is 194 Å². The van der Waals surface area contributed by atoms with E-state index in [4.69, 9.17) is 9.47 Å². The summed E-state index contributed by atoms with van der Waals surface area (Å²) in [7, 11) is 0. The van der Waals surface area contributed by atoms with E-state index in [0.29, 0.717) is 11.8 Å². The van der Waals surface area contributed by atoms with Gasteiger partial charge in [-0.1, -0.05) is 18.2 Å². The Morgan fingerprint density at radius 2 is 1.88 bits per heavy atom. The fourth-order valence-electron chi connectivity index (χ4n) is 4.23. The number of ether oxygens (including phenoxy) is 2. The van der Waals surface area contributed by atoms with Gasteiger partial charge in [0.2, 0.25) is 6.29 Å². The highest BCUT2D eigenvalue weighted by molar-refractivity contribution is 5.89. The largest absolute Gasteiger partial charge is 0.454 e. The Hall–Kier alpha value is -3.25. The quantitative estimate of drug-likeness (QED) is 0.224. The Morgan fingerprint density at radius 3 is 2.59 bits per heavy atom. The van der Waals surface area contributed by atoms with Crippen molar-refractivity contribution in [2.24, 2.45) is 0 Å². The van der Waals surface area contributed by atoms with Crippen LogP contribution in [0.2, 0.25) is 0 Å². The number of aromatic nitrogens is 3. The first-order valence-electron chi connectivity index (χ1n) is 10.8. The number of hydrogen-bond donors (Lipinski definition) is 6. The lowest BCUT2D eigenvalue weighted by molar-refractivity contribution is -0.385. The molecule has 0 bridgehead atoms. The molecule has 3 heterocycles. The van der Waals surface area contributed by atoms with Crippen molar-refractivity contribution in [1.82, 2.24) is 14.8 Å². The molecular weight excluding hydrogens is 442 g/mol. The van der Waals surface area contributed by atoms with Crippen molar-refractivity contribution in [1.29, 1.82) is 0 Å². The zero-order valence-corrected chi connectivity index (χ0v) is 18.0. The van der Waals surface area contributed by atoms with Gasteiger partial charge in [0.25, 0.3) is 5.79 Å². The second-order valence-corrected chi connectivity index (χ2v) is 8.29. The van der Waals surface area contributed by atoms with Crippen LogP contribution in [0.15, 0.2) is 67.1 Å². The van der Waals surface area contributed by atoms with E-state index in [1.165, 1.54) is 0 Å². The van der Waals surface area contributed by atoms with Crippen LogP contribution in [0.4, 0.5) is 0 Å². The second kappa shape index (κ2) is 8.84. The minimum atomic E-state index is -2.65. The summed E-state index contributed by atoms with van der Waals surface area (Å²) < 4.78 is 12.5. The monoisotopic (exact) mass is 467 g/mol. The highest BCUT2D eigenvalue weighted by Crippen LogP contribution is 2.36. The fourth-order valence-corrected chi connectivity index (χ4v) is 4.23. The molecular formula is C24H25N3O7. The van der Waals surface area contributed by atoms with Crippen LogP contribution in [0, 0.1) is 0 Å². The average Bonchev–Trinajstić information content (AvgIpc) is 3.52. The maximum Gasteiger partial charge on any atom is 0.288 e.